The van der Waals surface area contributed by atoms with Gasteiger partial charge in [0.2, 0.25) is 0 Å². The number of aromatic nitrogens is 2. The molecule has 0 radical (unpaired) electrons. The van der Waals surface area contributed by atoms with E-state index in [9.17, 15) is 19.1 Å². The van der Waals surface area contributed by atoms with Crippen LogP contribution in [-0.2, 0) is 6.42 Å². The Hall–Kier alpha value is -5.06. The lowest BCUT2D eigenvalue weighted by Gasteiger charge is -2.12. The first-order valence-electron chi connectivity index (χ1n) is 12.1. The van der Waals surface area contributed by atoms with Gasteiger partial charge in [-0.05, 0) is 48.0 Å². The smallest absolute Gasteiger partial charge is 0.342 e. The van der Waals surface area contributed by atoms with Crippen molar-refractivity contribution in [3.05, 3.63) is 83.2 Å². The van der Waals surface area contributed by atoms with Crippen LogP contribution in [0.15, 0.2) is 60.7 Å². The highest BCUT2D eigenvalue weighted by atomic mass is 19.1. The van der Waals surface area contributed by atoms with Crippen molar-refractivity contribution in [2.45, 2.75) is 6.42 Å². The molecule has 0 spiro atoms. The number of hydrogen-bond acceptors (Lipinski definition) is 7. The molecule has 0 saturated carbocycles. The van der Waals surface area contributed by atoms with E-state index in [4.69, 9.17) is 9.47 Å². The molecule has 0 bridgehead atoms. The summed E-state index contributed by atoms with van der Waals surface area (Å²) < 4.78 is 26.0. The summed E-state index contributed by atoms with van der Waals surface area (Å²) in [4.78, 5) is 25.6. The van der Waals surface area contributed by atoms with Crippen molar-refractivity contribution >= 4 is 23.4 Å². The Morgan fingerprint density at radius 3 is 2.49 bits per heavy atom. The molecule has 200 valence electrons. The van der Waals surface area contributed by atoms with E-state index in [2.05, 4.69) is 21.0 Å². The van der Waals surface area contributed by atoms with Crippen molar-refractivity contribution < 1.29 is 28.6 Å². The lowest BCUT2D eigenvalue weighted by Crippen LogP contribution is -2.37. The van der Waals surface area contributed by atoms with Crippen LogP contribution in [0.5, 0.6) is 17.2 Å². The lowest BCUT2D eigenvalue weighted by molar-refractivity contribution is 0.0951. The molecule has 39 heavy (non-hydrogen) atoms. The number of hydrogen-bond donors (Lipinski definition) is 4. The summed E-state index contributed by atoms with van der Waals surface area (Å²) in [5.41, 5.74) is 3.63. The minimum Gasteiger partial charge on any atom is -0.507 e. The fourth-order valence-electron chi connectivity index (χ4n) is 4.50. The summed E-state index contributed by atoms with van der Waals surface area (Å²) in [6.45, 7) is 0.233. The number of nitrogens with one attached hydrogen (secondary N) is 3. The highest BCUT2D eigenvalue weighted by Gasteiger charge is 2.32. The van der Waals surface area contributed by atoms with Crippen molar-refractivity contribution in [3.63, 3.8) is 0 Å². The zero-order valence-corrected chi connectivity index (χ0v) is 21.2. The van der Waals surface area contributed by atoms with Gasteiger partial charge in [0.25, 0.3) is 5.91 Å². The van der Waals surface area contributed by atoms with E-state index in [0.29, 0.717) is 35.1 Å². The normalized spacial score (nSPS) is 11.4. The predicted octanol–water partition coefficient (Wildman–Crippen LogP) is 4.05. The Morgan fingerprint density at radius 1 is 1.00 bits per heavy atom. The largest absolute Gasteiger partial charge is 0.507 e. The summed E-state index contributed by atoms with van der Waals surface area (Å²) in [6.07, 6.45) is 0.465. The highest BCUT2D eigenvalue weighted by Crippen LogP contribution is 2.45. The molecule has 3 aromatic carbocycles. The summed E-state index contributed by atoms with van der Waals surface area (Å²) in [5, 5.41) is 22.9. The monoisotopic (exact) mass is 531 g/mol. The van der Waals surface area contributed by atoms with E-state index < -0.39 is 17.8 Å². The van der Waals surface area contributed by atoms with Gasteiger partial charge >= 0.3 is 6.03 Å². The Balaban J connectivity index is 1.39. The van der Waals surface area contributed by atoms with Crippen LogP contribution >= 0.6 is 0 Å². The van der Waals surface area contributed by atoms with Crippen molar-refractivity contribution in [1.29, 1.82) is 0 Å². The van der Waals surface area contributed by atoms with E-state index in [0.717, 1.165) is 16.7 Å². The zero-order chi connectivity index (χ0) is 27.5. The fraction of sp³-hybridized carbons (Fsp3) is 0.179. The summed E-state index contributed by atoms with van der Waals surface area (Å²) in [7, 11) is 3.08. The number of ether oxygens (including phenoxy) is 2. The summed E-state index contributed by atoms with van der Waals surface area (Å²) >= 11 is 0. The minimum absolute atomic E-state index is 0.109. The maximum absolute atomic E-state index is 13.8. The maximum Gasteiger partial charge on any atom is 0.342 e. The zero-order valence-electron chi connectivity index (χ0n) is 21.2. The Bertz CT molecular complexity index is 1570. The Morgan fingerprint density at radius 2 is 1.74 bits per heavy atom. The van der Waals surface area contributed by atoms with Crippen LogP contribution in [0.4, 0.5) is 20.7 Å². The molecule has 4 N–H and O–H groups in total. The number of anilines is 2. The van der Waals surface area contributed by atoms with E-state index in [1.54, 1.807) is 37.4 Å². The van der Waals surface area contributed by atoms with Gasteiger partial charge in [-0.25, -0.2) is 9.18 Å². The number of phenols is 1. The molecule has 0 saturated heterocycles. The summed E-state index contributed by atoms with van der Waals surface area (Å²) in [6, 6.07) is 15.3. The average Bonchev–Trinajstić information content (AvgIpc) is 3.47. The first-order valence-corrected chi connectivity index (χ1v) is 12.1. The van der Waals surface area contributed by atoms with E-state index in [-0.39, 0.29) is 24.4 Å². The molecule has 2 amide bonds. The molecular weight excluding hydrogens is 505 g/mol. The van der Waals surface area contributed by atoms with Crippen molar-refractivity contribution in [2.24, 2.45) is 0 Å². The number of rotatable bonds is 8. The number of carbonyl (C=O) groups is 2. The van der Waals surface area contributed by atoms with Crippen LogP contribution in [0.3, 0.4) is 0 Å². The third-order valence-electron chi connectivity index (χ3n) is 6.33. The number of benzene rings is 3. The molecule has 1 aliphatic carbocycles. The van der Waals surface area contributed by atoms with Crippen molar-refractivity contribution in [3.8, 4) is 28.5 Å². The summed E-state index contributed by atoms with van der Waals surface area (Å²) in [5.74, 6) is 0.480. The van der Waals surface area contributed by atoms with Crippen LogP contribution in [0, 0.1) is 5.82 Å². The van der Waals surface area contributed by atoms with Crippen LogP contribution < -0.4 is 25.4 Å². The Kier molecular flexibility index (Phi) is 7.04. The molecule has 11 heteroatoms. The second-order valence-corrected chi connectivity index (χ2v) is 8.77. The number of methoxy groups -OCH3 is 2. The Labute approximate surface area is 223 Å². The van der Waals surface area contributed by atoms with Gasteiger partial charge in [-0.1, -0.05) is 18.2 Å². The van der Waals surface area contributed by atoms with E-state index in [1.165, 1.54) is 36.1 Å². The molecule has 1 aliphatic rings. The van der Waals surface area contributed by atoms with Crippen LogP contribution in [0.2, 0.25) is 0 Å². The second-order valence-electron chi connectivity index (χ2n) is 8.77. The lowest BCUT2D eigenvalue weighted by atomic mass is 10.1. The quantitative estimate of drug-likeness (QED) is 0.223. The van der Waals surface area contributed by atoms with Gasteiger partial charge in [0.15, 0.2) is 17.3 Å². The molecule has 0 aliphatic heterocycles. The molecular formula is C28H26FN5O5. The molecule has 0 unspecified atom stereocenters. The van der Waals surface area contributed by atoms with Gasteiger partial charge in [-0.2, -0.15) is 4.68 Å². The standard InChI is InChI=1S/C28H26FN5O5/c1-38-23-13-16-12-21-25(20(16)15-24(23)39-2)34(33-26(21)32-18-7-5-6-17(29)14-18)28(37)31-11-10-30-27(36)19-8-3-4-9-22(19)35/h3-9,13-15,35H,10-12H2,1-2H3,(H,30,36)(H,31,37)(H,32,33). The van der Waals surface area contributed by atoms with Gasteiger partial charge in [-0.15, -0.1) is 5.10 Å². The van der Waals surface area contributed by atoms with E-state index in [1.807, 2.05) is 6.07 Å². The second kappa shape index (κ2) is 10.7. The molecule has 0 fully saturated rings. The first kappa shape index (κ1) is 25.6. The number of amides is 2. The number of halogens is 1. The van der Waals surface area contributed by atoms with Gasteiger partial charge in [0.1, 0.15) is 11.6 Å². The number of carbonyl (C=O) groups excluding carboxylic acids is 2. The van der Waals surface area contributed by atoms with Gasteiger partial charge in [-0.3, -0.25) is 4.79 Å². The number of nitrogens with zero attached hydrogens (tertiary/aromatic N) is 2. The van der Waals surface area contributed by atoms with Gasteiger partial charge < -0.3 is 30.5 Å². The minimum atomic E-state index is -0.516. The van der Waals surface area contributed by atoms with E-state index >= 15 is 0 Å². The van der Waals surface area contributed by atoms with Gasteiger partial charge in [0, 0.05) is 36.3 Å². The van der Waals surface area contributed by atoms with Crippen molar-refractivity contribution in [1.82, 2.24) is 20.4 Å². The fourth-order valence-corrected chi connectivity index (χ4v) is 4.50. The van der Waals surface area contributed by atoms with Gasteiger partial charge in [0.05, 0.1) is 25.5 Å². The number of aromatic hydroxyl groups is 1. The predicted molar refractivity (Wildman–Crippen MR) is 142 cm³/mol. The third kappa shape index (κ3) is 5.06. The van der Waals surface area contributed by atoms with Crippen LogP contribution in [-0.4, -0.2) is 54.1 Å². The number of fused-ring (bicyclic) bond motifs is 3. The van der Waals surface area contributed by atoms with Crippen LogP contribution in [0.25, 0.3) is 11.3 Å². The molecule has 1 aromatic heterocycles. The molecule has 5 rings (SSSR count). The molecule has 0 atom stereocenters. The van der Waals surface area contributed by atoms with Crippen LogP contribution in [0.1, 0.15) is 21.5 Å². The molecule has 4 aromatic rings. The molecule has 10 nitrogen and oxygen atoms in total. The molecule has 1 heterocycles. The number of phenolic OH excluding ortho intramolecular Hbond substituents is 1. The third-order valence-corrected chi connectivity index (χ3v) is 6.33. The maximum atomic E-state index is 13.8. The number of para-hydroxylation sites is 1. The first-order chi connectivity index (χ1) is 18.9. The van der Waals surface area contributed by atoms with Crippen molar-refractivity contribution in [2.75, 3.05) is 32.6 Å². The topological polar surface area (TPSA) is 127 Å². The SMILES string of the molecule is COc1cc2c(cc1OC)-c1c(c(Nc3cccc(F)c3)nn1C(=O)NCCNC(=O)c1ccccc1O)C2. The average molecular weight is 532 g/mol. The highest BCUT2D eigenvalue weighted by molar-refractivity contribution is 5.96.